The fourth-order valence-electron chi connectivity index (χ4n) is 3.72. The first-order valence-corrected chi connectivity index (χ1v) is 14.2. The third-order valence-electron chi connectivity index (χ3n) is 5.50. The Balaban J connectivity index is 1.36. The largest absolute Gasteiger partial charge is 0.461 e. The van der Waals surface area contributed by atoms with Crippen LogP contribution < -0.4 is 0 Å². The minimum Gasteiger partial charge on any atom is -0.461 e. The van der Waals surface area contributed by atoms with Crippen LogP contribution in [0.4, 0.5) is 0 Å². The van der Waals surface area contributed by atoms with Crippen molar-refractivity contribution in [3.05, 3.63) is 92.8 Å². The molecule has 39 heavy (non-hydrogen) atoms. The molecule has 4 aromatic heterocycles. The van der Waals surface area contributed by atoms with E-state index in [1.54, 1.807) is 63.8 Å². The maximum atomic E-state index is 13.3. The summed E-state index contributed by atoms with van der Waals surface area (Å²) in [5.41, 5.74) is 1.82. The molecule has 0 unspecified atom stereocenters. The molecule has 0 fully saturated rings. The zero-order chi connectivity index (χ0) is 27.2. The maximum Gasteiger partial charge on any atom is 0.273 e. The SMILES string of the molecule is N#CCCN(Cc1cccnc1)C(=O)c1csc(CSc2nnc(-c3ccco3)n2-c2cc(Cl)ccc2Cl)n1. The molecule has 0 spiro atoms. The summed E-state index contributed by atoms with van der Waals surface area (Å²) in [5, 5.41) is 21.8. The third-order valence-corrected chi connectivity index (χ3v) is 8.02. The Morgan fingerprint density at radius 2 is 2.10 bits per heavy atom. The second kappa shape index (κ2) is 12.4. The number of thiazole rings is 1. The summed E-state index contributed by atoms with van der Waals surface area (Å²) in [6.45, 7) is 0.639. The number of pyridine rings is 1. The van der Waals surface area contributed by atoms with Crippen LogP contribution in [0.25, 0.3) is 17.3 Å². The topological polar surface area (TPSA) is 114 Å². The number of furan rings is 1. The van der Waals surface area contributed by atoms with Crippen molar-refractivity contribution in [1.82, 2.24) is 29.6 Å². The van der Waals surface area contributed by atoms with Crippen molar-refractivity contribution in [2.45, 2.75) is 23.9 Å². The summed E-state index contributed by atoms with van der Waals surface area (Å²) in [7, 11) is 0. The average molecular weight is 597 g/mol. The Labute approximate surface area is 242 Å². The first-order chi connectivity index (χ1) is 19.0. The first-order valence-electron chi connectivity index (χ1n) is 11.6. The molecule has 0 aliphatic carbocycles. The number of hydrogen-bond acceptors (Lipinski definition) is 9. The number of nitriles is 1. The minimum absolute atomic E-state index is 0.221. The van der Waals surface area contributed by atoms with Crippen molar-refractivity contribution in [2.24, 2.45) is 0 Å². The number of benzene rings is 1. The van der Waals surface area contributed by atoms with Gasteiger partial charge in [0.1, 0.15) is 10.7 Å². The summed E-state index contributed by atoms with van der Waals surface area (Å²) in [5.74, 6) is 1.20. The number of amides is 1. The summed E-state index contributed by atoms with van der Waals surface area (Å²) < 4.78 is 7.35. The number of aromatic nitrogens is 5. The van der Waals surface area contributed by atoms with Gasteiger partial charge in [-0.3, -0.25) is 14.3 Å². The lowest BCUT2D eigenvalue weighted by atomic mass is 10.2. The van der Waals surface area contributed by atoms with E-state index in [1.807, 2.05) is 12.1 Å². The lowest BCUT2D eigenvalue weighted by Crippen LogP contribution is -2.31. The van der Waals surface area contributed by atoms with E-state index in [0.717, 1.165) is 10.6 Å². The molecule has 196 valence electrons. The molecule has 1 amide bonds. The Hall–Kier alpha value is -3.69. The molecule has 0 bridgehead atoms. The average Bonchev–Trinajstić information content (AvgIpc) is 3.72. The van der Waals surface area contributed by atoms with Crippen molar-refractivity contribution in [3.8, 4) is 23.3 Å². The van der Waals surface area contributed by atoms with Gasteiger partial charge in [-0.25, -0.2) is 4.98 Å². The van der Waals surface area contributed by atoms with Crippen LogP contribution in [-0.4, -0.2) is 42.1 Å². The van der Waals surface area contributed by atoms with Crippen LogP contribution in [0.2, 0.25) is 10.0 Å². The fraction of sp³-hybridized carbons (Fsp3) is 0.154. The Bertz CT molecular complexity index is 1610. The highest BCUT2D eigenvalue weighted by Crippen LogP contribution is 2.34. The lowest BCUT2D eigenvalue weighted by molar-refractivity contribution is 0.0741. The Morgan fingerprint density at radius 3 is 2.87 bits per heavy atom. The number of thioether (sulfide) groups is 1. The van der Waals surface area contributed by atoms with Crippen LogP contribution in [0.1, 0.15) is 27.5 Å². The van der Waals surface area contributed by atoms with E-state index in [0.29, 0.717) is 57.0 Å². The number of rotatable bonds is 10. The molecular weight excluding hydrogens is 577 g/mol. The summed E-state index contributed by atoms with van der Waals surface area (Å²) in [6.07, 6.45) is 5.16. The summed E-state index contributed by atoms with van der Waals surface area (Å²) in [6, 6.07) is 14.5. The van der Waals surface area contributed by atoms with Crippen molar-refractivity contribution in [2.75, 3.05) is 6.54 Å². The maximum absolute atomic E-state index is 13.3. The van der Waals surface area contributed by atoms with E-state index in [4.69, 9.17) is 32.9 Å². The smallest absolute Gasteiger partial charge is 0.273 e. The van der Waals surface area contributed by atoms with Gasteiger partial charge in [0.05, 0.1) is 35.2 Å². The van der Waals surface area contributed by atoms with Gasteiger partial charge in [-0.1, -0.05) is 41.0 Å². The summed E-state index contributed by atoms with van der Waals surface area (Å²) in [4.78, 5) is 23.5. The highest BCUT2D eigenvalue weighted by molar-refractivity contribution is 7.98. The zero-order valence-corrected chi connectivity index (χ0v) is 23.3. The van der Waals surface area contributed by atoms with Gasteiger partial charge in [-0.15, -0.1) is 21.5 Å². The highest BCUT2D eigenvalue weighted by Gasteiger charge is 2.22. The van der Waals surface area contributed by atoms with Gasteiger partial charge in [0, 0.05) is 35.9 Å². The second-order valence-corrected chi connectivity index (χ2v) is 10.9. The van der Waals surface area contributed by atoms with Crippen LogP contribution in [0.5, 0.6) is 0 Å². The van der Waals surface area contributed by atoms with Crippen molar-refractivity contribution in [1.29, 1.82) is 5.26 Å². The third kappa shape index (κ3) is 6.32. The minimum atomic E-state index is -0.240. The second-order valence-electron chi connectivity index (χ2n) is 8.13. The molecule has 0 aliphatic heterocycles. The number of hydrogen-bond donors (Lipinski definition) is 0. The van der Waals surface area contributed by atoms with Crippen LogP contribution in [0, 0.1) is 11.3 Å². The van der Waals surface area contributed by atoms with Gasteiger partial charge >= 0.3 is 0 Å². The highest BCUT2D eigenvalue weighted by atomic mass is 35.5. The van der Waals surface area contributed by atoms with Crippen LogP contribution in [0.15, 0.2) is 76.1 Å². The van der Waals surface area contributed by atoms with Gasteiger partial charge in [0.25, 0.3) is 5.91 Å². The fourth-order valence-corrected chi connectivity index (χ4v) is 5.82. The van der Waals surface area contributed by atoms with Crippen LogP contribution in [-0.2, 0) is 12.3 Å². The monoisotopic (exact) mass is 595 g/mol. The molecule has 0 aliphatic rings. The molecule has 5 aromatic rings. The van der Waals surface area contributed by atoms with E-state index in [-0.39, 0.29) is 12.3 Å². The van der Waals surface area contributed by atoms with Crippen LogP contribution in [0.3, 0.4) is 0 Å². The quantitative estimate of drug-likeness (QED) is 0.167. The molecule has 1 aromatic carbocycles. The number of carbonyl (C=O) groups is 1. The van der Waals surface area contributed by atoms with E-state index in [2.05, 4.69) is 26.2 Å². The predicted molar refractivity (Wildman–Crippen MR) is 150 cm³/mol. The van der Waals surface area contributed by atoms with E-state index in [1.165, 1.54) is 23.1 Å². The van der Waals surface area contributed by atoms with Crippen molar-refractivity contribution in [3.63, 3.8) is 0 Å². The van der Waals surface area contributed by atoms with Gasteiger partial charge in [-0.2, -0.15) is 5.26 Å². The molecule has 0 radical (unpaired) electrons. The zero-order valence-electron chi connectivity index (χ0n) is 20.2. The molecule has 0 saturated carbocycles. The number of halogens is 2. The first kappa shape index (κ1) is 26.9. The van der Waals surface area contributed by atoms with Gasteiger partial charge in [0.2, 0.25) is 5.82 Å². The predicted octanol–water partition coefficient (Wildman–Crippen LogP) is 6.53. The van der Waals surface area contributed by atoms with Gasteiger partial charge < -0.3 is 9.32 Å². The summed E-state index contributed by atoms with van der Waals surface area (Å²) >= 11 is 15.6. The molecule has 0 N–H and O–H groups in total. The Kier molecular flexibility index (Phi) is 8.58. The normalized spacial score (nSPS) is 10.9. The van der Waals surface area contributed by atoms with E-state index < -0.39 is 0 Å². The number of carbonyl (C=O) groups excluding carboxylic acids is 1. The van der Waals surface area contributed by atoms with Crippen LogP contribution >= 0.6 is 46.3 Å². The molecule has 13 heteroatoms. The van der Waals surface area contributed by atoms with Crippen molar-refractivity contribution >= 4 is 52.2 Å². The molecular formula is C26H19Cl2N7O2S2. The Morgan fingerprint density at radius 1 is 1.21 bits per heavy atom. The van der Waals surface area contributed by atoms with E-state index >= 15 is 0 Å². The molecule has 0 atom stereocenters. The molecule has 4 heterocycles. The lowest BCUT2D eigenvalue weighted by Gasteiger charge is -2.20. The molecule has 5 rings (SSSR count). The molecule has 0 saturated heterocycles. The van der Waals surface area contributed by atoms with Crippen molar-refractivity contribution < 1.29 is 9.21 Å². The standard InChI is InChI=1S/C26H19Cl2N7O2S2/c27-18-6-7-19(28)21(12-18)35-24(22-5-2-11-37-22)32-33-26(35)39-16-23-31-20(15-38-23)25(36)34(10-3-8-29)14-17-4-1-9-30-13-17/h1-2,4-7,9,11-13,15H,3,10,14,16H2. The van der Waals surface area contributed by atoms with Gasteiger partial charge in [0.15, 0.2) is 10.9 Å². The van der Waals surface area contributed by atoms with Gasteiger partial charge in [-0.05, 0) is 42.0 Å². The van der Waals surface area contributed by atoms with E-state index in [9.17, 15) is 4.79 Å². The number of nitrogens with zero attached hydrogens (tertiary/aromatic N) is 7. The molecule has 9 nitrogen and oxygen atoms in total.